The Morgan fingerprint density at radius 2 is 1.35 bits per heavy atom. The van der Waals surface area contributed by atoms with Gasteiger partial charge >= 0.3 is 12.1 Å². The van der Waals surface area contributed by atoms with E-state index in [0.29, 0.717) is 94.0 Å². The van der Waals surface area contributed by atoms with E-state index in [0.717, 1.165) is 11.2 Å². The molecule has 422 valence electrons. The van der Waals surface area contributed by atoms with Gasteiger partial charge in [-0.3, -0.25) is 28.6 Å². The van der Waals surface area contributed by atoms with Crippen molar-refractivity contribution in [3.63, 3.8) is 0 Å². The number of nitrogens with one attached hydrogen (secondary N) is 4. The van der Waals surface area contributed by atoms with Crippen LogP contribution in [0, 0.1) is 18.6 Å². The van der Waals surface area contributed by atoms with Crippen LogP contribution in [0.5, 0.6) is 0 Å². The van der Waals surface area contributed by atoms with Crippen molar-refractivity contribution in [2.75, 3.05) is 41.3 Å². The number of halogens is 3. The van der Waals surface area contributed by atoms with E-state index in [1.165, 1.54) is 35.2 Å². The van der Waals surface area contributed by atoms with Crippen LogP contribution in [-0.4, -0.2) is 126 Å². The molecule has 0 spiro atoms. The number of nitrogens with zero attached hydrogens (tertiary/aromatic N) is 10. The Morgan fingerprint density at radius 3 is 2.01 bits per heavy atom. The fourth-order valence-electron chi connectivity index (χ4n) is 10.7. The lowest BCUT2D eigenvalue weighted by molar-refractivity contribution is -0.138. The van der Waals surface area contributed by atoms with Gasteiger partial charge in [-0.2, -0.15) is 0 Å². The molecule has 6 amide bonds. The van der Waals surface area contributed by atoms with Gasteiger partial charge in [0.15, 0.2) is 5.78 Å². The number of fused-ring (bicyclic) bond motifs is 3. The molecule has 6 N–H and O–H groups in total. The molecule has 25 heteroatoms. The third kappa shape index (κ3) is 11.8. The van der Waals surface area contributed by atoms with Crippen LogP contribution in [0.3, 0.4) is 0 Å². The summed E-state index contributed by atoms with van der Waals surface area (Å²) in [5, 5.41) is 16.7. The number of carbonyl (C=O) groups excluding carboxylic acids is 6. The van der Waals surface area contributed by atoms with Gasteiger partial charge in [0.1, 0.15) is 42.9 Å². The monoisotopic (exact) mass is 1150 g/mol. The molecule has 0 unspecified atom stereocenters. The number of hydrogen-bond acceptors (Lipinski definition) is 13. The Balaban J connectivity index is 0.000000184. The summed E-state index contributed by atoms with van der Waals surface area (Å²) >= 11 is 5.88. The number of primary amides is 1. The van der Waals surface area contributed by atoms with Gasteiger partial charge in [0.25, 0.3) is 0 Å². The number of urea groups is 1. The standard InChI is InChI=1S/C29H30ClFN6O3Si.C28H28FN9O3/c1-18(38)23-13-36(25-8-7-20(9-22(23)25)35-21-11-32-16-33-12-21)14-27(39)37-17-41(2,3)15-26(37)29(40)34-10-19-5-4-6-24(30)28(19)31;1-17-3-2-4-18(25(17)29)12-33-26(39)22-7-8-35-9-10-36(28(41)38(22)35)24-15-37(27(30)40)23-11-19(5-6-21(23)24)34-20-13-31-16-32-14-20/h4-9,11-13,16,26,35H,10,14-15,17H2,1-3H3,(H,34,40);2-6,11,13-16,22,34H,7-10,12H2,1H3,(H2,30,40)(H,33,39)/t26-;22-/m00/s1. The van der Waals surface area contributed by atoms with Crippen LogP contribution in [0.4, 0.5) is 46.8 Å². The van der Waals surface area contributed by atoms with Crippen LogP contribution in [-0.2, 0) is 34.0 Å². The molecular weight excluding hydrogens is 1090 g/mol. The number of benzene rings is 4. The molecule has 4 aromatic carbocycles. The second kappa shape index (κ2) is 23.5. The Morgan fingerprint density at radius 1 is 0.732 bits per heavy atom. The van der Waals surface area contributed by atoms with Gasteiger partial charge in [0.2, 0.25) is 17.7 Å². The molecular formula is C57H58ClF2N15O6Si. The molecule has 7 heterocycles. The van der Waals surface area contributed by atoms with Gasteiger partial charge in [-0.25, -0.2) is 48.3 Å². The maximum Gasteiger partial charge on any atom is 0.339 e. The highest BCUT2D eigenvalue weighted by Crippen LogP contribution is 2.36. The van der Waals surface area contributed by atoms with Crippen molar-refractivity contribution < 1.29 is 37.5 Å². The predicted octanol–water partition coefficient (Wildman–Crippen LogP) is 8.04. The first-order chi connectivity index (χ1) is 39.3. The summed E-state index contributed by atoms with van der Waals surface area (Å²) in [5.74, 6) is -1.95. The number of ketones is 1. The van der Waals surface area contributed by atoms with Crippen LogP contribution >= 0.6 is 11.6 Å². The molecule has 3 fully saturated rings. The highest BCUT2D eigenvalue weighted by Gasteiger charge is 2.46. The Kier molecular flexibility index (Phi) is 16.1. The summed E-state index contributed by atoms with van der Waals surface area (Å²) in [7, 11) is -1.88. The Labute approximate surface area is 475 Å². The number of Topliss-reactive ketones (excluding diaryl/α,β-unsaturated/α-hetero) is 1. The number of anilines is 5. The molecule has 4 aromatic heterocycles. The summed E-state index contributed by atoms with van der Waals surface area (Å²) < 4.78 is 31.8. The lowest BCUT2D eigenvalue weighted by Crippen LogP contribution is -2.61. The van der Waals surface area contributed by atoms with Crippen molar-refractivity contribution in [1.29, 1.82) is 0 Å². The molecule has 8 aromatic rings. The van der Waals surface area contributed by atoms with E-state index in [-0.39, 0.29) is 65.6 Å². The smallest absolute Gasteiger partial charge is 0.339 e. The zero-order valence-electron chi connectivity index (χ0n) is 45.2. The molecule has 82 heavy (non-hydrogen) atoms. The zero-order chi connectivity index (χ0) is 58.0. The van der Waals surface area contributed by atoms with Gasteiger partial charge in [0.05, 0.1) is 60.5 Å². The molecule has 0 saturated carbocycles. The van der Waals surface area contributed by atoms with E-state index < -0.39 is 32.0 Å². The van der Waals surface area contributed by atoms with Crippen molar-refractivity contribution in [2.24, 2.45) is 5.73 Å². The van der Waals surface area contributed by atoms with E-state index in [1.807, 2.05) is 29.3 Å². The number of hydrogen-bond donors (Lipinski definition) is 5. The average molecular weight is 1150 g/mol. The molecule has 0 radical (unpaired) electrons. The van der Waals surface area contributed by atoms with Crippen molar-refractivity contribution >= 4 is 105 Å². The predicted molar refractivity (Wildman–Crippen MR) is 308 cm³/mol. The maximum atomic E-state index is 14.4. The van der Waals surface area contributed by atoms with E-state index in [9.17, 15) is 37.5 Å². The SMILES string of the molecule is CC(=O)c1cn(CC(=O)N2C[Si](C)(C)C[C@H]2C(=O)NCc2cccc(Cl)c2F)c2ccc(Nc3cncnc3)cc12.Cc1cccc(CNC(=O)[C@@H]2CCN3CCN(c4cn(C(N)=O)c5cc(Nc6cncnc6)ccc45)C(=O)N23)c1F. The summed E-state index contributed by atoms with van der Waals surface area (Å²) in [4.78, 5) is 98.0. The van der Waals surface area contributed by atoms with Gasteiger partial charge in [-0.15, -0.1) is 0 Å². The van der Waals surface area contributed by atoms with E-state index >= 15 is 0 Å². The van der Waals surface area contributed by atoms with E-state index in [1.54, 1.807) is 101 Å². The molecule has 0 aliphatic carbocycles. The summed E-state index contributed by atoms with van der Waals surface area (Å²) in [6, 6.07) is 18.8. The summed E-state index contributed by atoms with van der Waals surface area (Å²) in [5.41, 5.74) is 11.9. The number of amides is 6. The highest BCUT2D eigenvalue weighted by atomic mass is 35.5. The second-order valence-electron chi connectivity index (χ2n) is 21.1. The van der Waals surface area contributed by atoms with Crippen LogP contribution in [0.15, 0.2) is 123 Å². The third-order valence-corrected chi connectivity index (χ3v) is 17.7. The number of aryl methyl sites for hydroxylation is 1. The van der Waals surface area contributed by atoms with Crippen LogP contribution in [0.2, 0.25) is 24.2 Å². The number of carbonyl (C=O) groups is 6. The average Bonchev–Trinajstić information content (AvgIpc) is 4.35. The van der Waals surface area contributed by atoms with Crippen molar-refractivity contribution in [3.05, 3.63) is 162 Å². The molecule has 3 aliphatic rings. The molecule has 2 atom stereocenters. The minimum atomic E-state index is -1.88. The van der Waals surface area contributed by atoms with Gasteiger partial charge in [0, 0.05) is 95.6 Å². The largest absolute Gasteiger partial charge is 0.353 e. The maximum absolute atomic E-state index is 14.4. The fraction of sp³-hybridized carbons (Fsp3) is 0.263. The summed E-state index contributed by atoms with van der Waals surface area (Å²) in [6.07, 6.45) is 13.6. The van der Waals surface area contributed by atoms with Crippen molar-refractivity contribution in [2.45, 2.75) is 71.1 Å². The topological polar surface area (TPSA) is 251 Å². The van der Waals surface area contributed by atoms with Crippen molar-refractivity contribution in [3.8, 4) is 0 Å². The molecule has 21 nitrogen and oxygen atoms in total. The van der Waals surface area contributed by atoms with E-state index in [4.69, 9.17) is 17.3 Å². The number of rotatable bonds is 14. The highest BCUT2D eigenvalue weighted by molar-refractivity contribution is 6.79. The Hall–Kier alpha value is -9.13. The zero-order valence-corrected chi connectivity index (χ0v) is 47.0. The lowest BCUT2D eigenvalue weighted by Gasteiger charge is -2.41. The molecule has 11 rings (SSSR count). The fourth-order valence-corrected chi connectivity index (χ4v) is 13.8. The quantitative estimate of drug-likeness (QED) is 0.0511. The Bertz CT molecular complexity index is 3790. The first-order valence-electron chi connectivity index (χ1n) is 26.3. The first kappa shape index (κ1) is 56.2. The first-order valence-corrected chi connectivity index (χ1v) is 30.1. The van der Waals surface area contributed by atoms with Gasteiger partial charge < -0.3 is 36.5 Å². The molecule has 3 saturated heterocycles. The summed E-state index contributed by atoms with van der Waals surface area (Å²) in [6.45, 7) is 8.80. The van der Waals surface area contributed by atoms with Gasteiger partial charge in [-0.05, 0) is 74.3 Å². The number of nitrogens with two attached hydrogens (primary N) is 1. The van der Waals surface area contributed by atoms with Crippen molar-refractivity contribution in [1.82, 2.24) is 54.6 Å². The normalized spacial score (nSPS) is 16.6. The van der Waals surface area contributed by atoms with E-state index in [2.05, 4.69) is 54.3 Å². The van der Waals surface area contributed by atoms with Crippen LogP contribution in [0.1, 0.15) is 40.4 Å². The molecule has 3 aliphatic heterocycles. The lowest BCUT2D eigenvalue weighted by atomic mass is 10.1. The molecule has 0 bridgehead atoms. The minimum absolute atomic E-state index is 0.0103. The van der Waals surface area contributed by atoms with Crippen LogP contribution < -0.4 is 31.9 Å². The van der Waals surface area contributed by atoms with Gasteiger partial charge in [-0.1, -0.05) is 55.0 Å². The third-order valence-electron chi connectivity index (χ3n) is 14.7. The van der Waals surface area contributed by atoms with Crippen LogP contribution in [0.25, 0.3) is 21.8 Å². The number of hydrazine groups is 1. The minimum Gasteiger partial charge on any atom is -0.353 e. The number of aromatic nitrogens is 6. The second-order valence-corrected chi connectivity index (χ2v) is 26.5.